The van der Waals surface area contributed by atoms with E-state index in [0.29, 0.717) is 44.7 Å². The van der Waals surface area contributed by atoms with E-state index in [2.05, 4.69) is 5.32 Å². The normalized spacial score (nSPS) is 20.2. The highest BCUT2D eigenvalue weighted by molar-refractivity contribution is 7.89. The van der Waals surface area contributed by atoms with Crippen molar-refractivity contribution < 1.29 is 27.9 Å². The van der Waals surface area contributed by atoms with Crippen LogP contribution in [0.15, 0.2) is 29.2 Å². The van der Waals surface area contributed by atoms with Crippen LogP contribution in [0.5, 0.6) is 0 Å². The molecule has 0 unspecified atom stereocenters. The maximum atomic E-state index is 12.6. The van der Waals surface area contributed by atoms with Gasteiger partial charge in [0.1, 0.15) is 5.41 Å². The molecule has 1 heterocycles. The van der Waals surface area contributed by atoms with Gasteiger partial charge < -0.3 is 15.2 Å². The largest absolute Gasteiger partial charge is 0.480 e. The van der Waals surface area contributed by atoms with E-state index in [-0.39, 0.29) is 11.4 Å². The zero-order valence-corrected chi connectivity index (χ0v) is 15.1. The number of benzene rings is 1. The first-order chi connectivity index (χ1) is 12.4. The van der Waals surface area contributed by atoms with Crippen LogP contribution in [-0.2, 0) is 30.9 Å². The lowest BCUT2D eigenvalue weighted by molar-refractivity contribution is -0.162. The van der Waals surface area contributed by atoms with Crippen LogP contribution in [0, 0.1) is 5.41 Å². The molecular weight excluding hydrogens is 360 g/mol. The van der Waals surface area contributed by atoms with E-state index < -0.39 is 27.3 Å². The first-order valence-electron chi connectivity index (χ1n) is 8.55. The van der Waals surface area contributed by atoms with Gasteiger partial charge in [0.2, 0.25) is 15.9 Å². The molecule has 8 nitrogen and oxygen atoms in total. The van der Waals surface area contributed by atoms with Crippen molar-refractivity contribution in [2.75, 3.05) is 26.3 Å². The van der Waals surface area contributed by atoms with Gasteiger partial charge in [0, 0.05) is 19.6 Å². The average molecular weight is 382 g/mol. The lowest BCUT2D eigenvalue weighted by atomic mass is 9.68. The first-order valence-corrected chi connectivity index (χ1v) is 9.99. The summed E-state index contributed by atoms with van der Waals surface area (Å²) in [5.74, 6) is -1.57. The highest BCUT2D eigenvalue weighted by Gasteiger charge is 2.51. The number of hydrogen-bond donors (Lipinski definition) is 2. The van der Waals surface area contributed by atoms with E-state index in [0.717, 1.165) is 6.42 Å². The molecule has 1 aliphatic heterocycles. The van der Waals surface area contributed by atoms with Gasteiger partial charge >= 0.3 is 5.97 Å². The lowest BCUT2D eigenvalue weighted by Crippen LogP contribution is -2.50. The van der Waals surface area contributed by atoms with Gasteiger partial charge in [-0.15, -0.1) is 0 Å². The number of carbonyl (C=O) groups excluding carboxylic acids is 1. The Hall–Kier alpha value is -1.97. The summed E-state index contributed by atoms with van der Waals surface area (Å²) in [5.41, 5.74) is -0.598. The molecule has 1 aromatic carbocycles. The van der Waals surface area contributed by atoms with Gasteiger partial charge in [0.25, 0.3) is 0 Å². The van der Waals surface area contributed by atoms with Crippen LogP contribution < -0.4 is 5.32 Å². The Morgan fingerprint density at radius 3 is 2.27 bits per heavy atom. The van der Waals surface area contributed by atoms with Crippen molar-refractivity contribution in [1.82, 2.24) is 9.62 Å². The van der Waals surface area contributed by atoms with Gasteiger partial charge in [-0.3, -0.25) is 9.59 Å². The van der Waals surface area contributed by atoms with Crippen LogP contribution in [0.1, 0.15) is 24.8 Å². The Labute approximate surface area is 152 Å². The van der Waals surface area contributed by atoms with Crippen molar-refractivity contribution in [2.24, 2.45) is 5.41 Å². The number of carboxylic acid groups (broad SMARTS) is 1. The molecule has 1 saturated carbocycles. The molecular formula is C17H22N2O6S. The van der Waals surface area contributed by atoms with Crippen molar-refractivity contribution >= 4 is 21.9 Å². The number of morpholine rings is 1. The zero-order chi connectivity index (χ0) is 18.8. The third-order valence-corrected chi connectivity index (χ3v) is 6.95. The number of aliphatic carboxylic acids is 1. The number of hydrogen-bond acceptors (Lipinski definition) is 5. The van der Waals surface area contributed by atoms with Crippen LogP contribution >= 0.6 is 0 Å². The quantitative estimate of drug-likeness (QED) is 0.696. The number of carboxylic acids is 1. The molecule has 1 aliphatic carbocycles. The molecule has 2 N–H and O–H groups in total. The third-order valence-electron chi connectivity index (χ3n) is 5.04. The van der Waals surface area contributed by atoms with E-state index in [4.69, 9.17) is 4.74 Å². The van der Waals surface area contributed by atoms with Gasteiger partial charge in [-0.25, -0.2) is 8.42 Å². The molecule has 0 bridgehead atoms. The van der Waals surface area contributed by atoms with Crippen LogP contribution in [0.2, 0.25) is 0 Å². The summed E-state index contributed by atoms with van der Waals surface area (Å²) in [5, 5.41) is 11.9. The predicted octanol–water partition coefficient (Wildman–Crippen LogP) is 0.579. The molecule has 2 fully saturated rings. The van der Waals surface area contributed by atoms with Crippen molar-refractivity contribution in [3.05, 3.63) is 29.8 Å². The fourth-order valence-corrected chi connectivity index (χ4v) is 4.54. The average Bonchev–Trinajstić information content (AvgIpc) is 2.60. The van der Waals surface area contributed by atoms with Crippen LogP contribution in [0.25, 0.3) is 0 Å². The number of nitrogens with one attached hydrogen (secondary N) is 1. The fraction of sp³-hybridized carbons (Fsp3) is 0.529. The smallest absolute Gasteiger partial charge is 0.319 e. The highest BCUT2D eigenvalue weighted by Crippen LogP contribution is 2.41. The third kappa shape index (κ3) is 3.46. The maximum Gasteiger partial charge on any atom is 0.319 e. The van der Waals surface area contributed by atoms with E-state index in [1.54, 1.807) is 12.1 Å². The number of sulfonamides is 1. The number of ether oxygens (including phenoxy) is 1. The van der Waals surface area contributed by atoms with E-state index in [9.17, 15) is 23.1 Å². The summed E-state index contributed by atoms with van der Waals surface area (Å²) in [7, 11) is -3.55. The molecule has 3 rings (SSSR count). The predicted molar refractivity (Wildman–Crippen MR) is 91.8 cm³/mol. The van der Waals surface area contributed by atoms with E-state index >= 15 is 0 Å². The van der Waals surface area contributed by atoms with Gasteiger partial charge in [0.05, 0.1) is 18.1 Å². The van der Waals surface area contributed by atoms with Gasteiger partial charge in [-0.1, -0.05) is 18.6 Å². The molecule has 0 aromatic heterocycles. The Kier molecular flexibility index (Phi) is 5.31. The Morgan fingerprint density at radius 2 is 1.77 bits per heavy atom. The van der Waals surface area contributed by atoms with E-state index in [1.807, 2.05) is 0 Å². The summed E-state index contributed by atoms with van der Waals surface area (Å²) < 4.78 is 31.7. The summed E-state index contributed by atoms with van der Waals surface area (Å²) >= 11 is 0. The van der Waals surface area contributed by atoms with Crippen LogP contribution in [0.3, 0.4) is 0 Å². The summed E-state index contributed by atoms with van der Waals surface area (Å²) in [4.78, 5) is 23.7. The fourth-order valence-electron chi connectivity index (χ4n) is 3.14. The molecule has 1 aromatic rings. The SMILES string of the molecule is O=C(O)C1(C(=O)NCc2ccc(S(=O)(=O)N3CCOCC3)cc2)CCC1. The molecule has 9 heteroatoms. The standard InChI is InChI=1S/C17H22N2O6S/c20-15(17(16(21)22)6-1-7-17)18-12-13-2-4-14(5-3-13)26(23,24)19-8-10-25-11-9-19/h2-5H,1,6-12H2,(H,18,20)(H,21,22). The molecule has 1 saturated heterocycles. The van der Waals surface area contributed by atoms with Crippen molar-refractivity contribution in [1.29, 1.82) is 0 Å². The summed E-state index contributed by atoms with van der Waals surface area (Å²) in [6.45, 7) is 1.59. The first kappa shape index (κ1) is 18.8. The lowest BCUT2D eigenvalue weighted by Gasteiger charge is -2.35. The van der Waals surface area contributed by atoms with Gasteiger partial charge in [-0.05, 0) is 30.5 Å². The minimum absolute atomic E-state index is 0.158. The maximum absolute atomic E-state index is 12.6. The summed E-state index contributed by atoms with van der Waals surface area (Å²) in [6, 6.07) is 6.26. The molecule has 142 valence electrons. The second-order valence-electron chi connectivity index (χ2n) is 6.58. The zero-order valence-electron chi connectivity index (χ0n) is 14.3. The van der Waals surface area contributed by atoms with Crippen molar-refractivity contribution in [2.45, 2.75) is 30.7 Å². The molecule has 0 atom stereocenters. The number of amides is 1. The van der Waals surface area contributed by atoms with E-state index in [1.165, 1.54) is 16.4 Å². The van der Waals surface area contributed by atoms with Crippen molar-refractivity contribution in [3.8, 4) is 0 Å². The van der Waals surface area contributed by atoms with Crippen LogP contribution in [0.4, 0.5) is 0 Å². The van der Waals surface area contributed by atoms with Crippen LogP contribution in [-0.4, -0.2) is 56.0 Å². The Morgan fingerprint density at radius 1 is 1.15 bits per heavy atom. The Balaban J connectivity index is 1.63. The highest BCUT2D eigenvalue weighted by atomic mass is 32.2. The molecule has 26 heavy (non-hydrogen) atoms. The Bertz CT molecular complexity index is 780. The molecule has 1 amide bonds. The van der Waals surface area contributed by atoms with Crippen molar-refractivity contribution in [3.63, 3.8) is 0 Å². The number of nitrogens with zero attached hydrogens (tertiary/aromatic N) is 1. The topological polar surface area (TPSA) is 113 Å². The number of carbonyl (C=O) groups is 2. The minimum Gasteiger partial charge on any atom is -0.480 e. The summed E-state index contributed by atoms with van der Waals surface area (Å²) in [6.07, 6.45) is 1.43. The monoisotopic (exact) mass is 382 g/mol. The van der Waals surface area contributed by atoms with Gasteiger partial charge in [0.15, 0.2) is 0 Å². The van der Waals surface area contributed by atoms with Gasteiger partial charge in [-0.2, -0.15) is 4.31 Å². The minimum atomic E-state index is -3.55. The molecule has 0 spiro atoms. The number of rotatable bonds is 6. The molecule has 2 aliphatic rings. The second-order valence-corrected chi connectivity index (χ2v) is 8.52. The second kappa shape index (κ2) is 7.34. The molecule has 0 radical (unpaired) electrons.